The molecule has 3 aromatic rings. The van der Waals surface area contributed by atoms with Crippen molar-refractivity contribution in [1.29, 1.82) is 5.26 Å². The first-order valence-corrected chi connectivity index (χ1v) is 17.3. The van der Waals surface area contributed by atoms with Gasteiger partial charge in [0.25, 0.3) is 11.8 Å². The van der Waals surface area contributed by atoms with Crippen LogP contribution in [0.3, 0.4) is 0 Å². The highest BCUT2D eigenvalue weighted by atomic mass is 16.2. The third-order valence-corrected chi connectivity index (χ3v) is 11.3. The van der Waals surface area contributed by atoms with Crippen molar-refractivity contribution in [1.82, 2.24) is 41.5 Å². The molecule has 12 heteroatoms. The van der Waals surface area contributed by atoms with Crippen molar-refractivity contribution in [2.75, 3.05) is 20.6 Å². The van der Waals surface area contributed by atoms with E-state index in [-0.39, 0.29) is 42.4 Å². The van der Waals surface area contributed by atoms with Crippen LogP contribution in [0.4, 0.5) is 0 Å². The van der Waals surface area contributed by atoms with Crippen molar-refractivity contribution in [3.8, 4) is 6.07 Å². The van der Waals surface area contributed by atoms with E-state index in [0.29, 0.717) is 48.0 Å². The van der Waals surface area contributed by atoms with Gasteiger partial charge in [0.1, 0.15) is 6.04 Å². The van der Waals surface area contributed by atoms with Gasteiger partial charge < -0.3 is 20.9 Å². The van der Waals surface area contributed by atoms with E-state index in [1.54, 1.807) is 14.1 Å². The van der Waals surface area contributed by atoms with Gasteiger partial charge in [0.05, 0.1) is 18.0 Å². The van der Waals surface area contributed by atoms with E-state index in [4.69, 9.17) is 0 Å². The van der Waals surface area contributed by atoms with E-state index >= 15 is 0 Å². The Balaban J connectivity index is 1.35. The van der Waals surface area contributed by atoms with Crippen LogP contribution in [0.25, 0.3) is 0 Å². The Morgan fingerprint density at radius 2 is 1.62 bits per heavy atom. The molecule has 250 valence electrons. The molecule has 3 aliphatic carbocycles. The Bertz CT molecular complexity index is 1680. The molecule has 48 heavy (non-hydrogen) atoms. The molecule has 0 spiro atoms. The summed E-state index contributed by atoms with van der Waals surface area (Å²) in [5, 5.41) is 34.8. The quantitative estimate of drug-likeness (QED) is 0.274. The number of carbonyl (C=O) groups is 3. The highest BCUT2D eigenvalue weighted by molar-refractivity contribution is 5.95. The Morgan fingerprint density at radius 1 is 0.979 bits per heavy atom. The first-order chi connectivity index (χ1) is 23.4. The zero-order valence-corrected chi connectivity index (χ0v) is 27.6. The maximum absolute atomic E-state index is 13.7. The van der Waals surface area contributed by atoms with Gasteiger partial charge in [-0.25, -0.2) is 5.10 Å². The van der Waals surface area contributed by atoms with Gasteiger partial charge in [-0.15, -0.1) is 5.10 Å². The monoisotopic (exact) mass is 649 g/mol. The molecule has 0 unspecified atom stereocenters. The molecule has 4 aliphatic rings. The minimum atomic E-state index is -0.879. The van der Waals surface area contributed by atoms with Crippen LogP contribution >= 0.6 is 0 Å². The Labute approximate surface area is 280 Å². The first-order valence-electron chi connectivity index (χ1n) is 17.3. The molecule has 1 aliphatic heterocycles. The van der Waals surface area contributed by atoms with Gasteiger partial charge in [0.15, 0.2) is 5.82 Å². The van der Waals surface area contributed by atoms with Gasteiger partial charge in [-0.05, 0) is 114 Å². The largest absolute Gasteiger partial charge is 0.355 e. The van der Waals surface area contributed by atoms with Crippen LogP contribution in [0.15, 0.2) is 36.4 Å². The fourth-order valence-corrected chi connectivity index (χ4v) is 8.84. The Hall–Kier alpha value is -4.63. The summed E-state index contributed by atoms with van der Waals surface area (Å²) in [7, 11) is 3.25. The van der Waals surface area contributed by atoms with Gasteiger partial charge >= 0.3 is 0 Å². The lowest BCUT2D eigenvalue weighted by Gasteiger charge is -2.41. The molecule has 1 aromatic heterocycles. The molecule has 1 saturated heterocycles. The number of nitriles is 1. The van der Waals surface area contributed by atoms with Crippen molar-refractivity contribution in [3.63, 3.8) is 0 Å². The van der Waals surface area contributed by atoms with E-state index in [1.165, 1.54) is 6.42 Å². The summed E-state index contributed by atoms with van der Waals surface area (Å²) in [6.45, 7) is 0.151. The molecule has 2 saturated carbocycles. The van der Waals surface area contributed by atoms with Crippen molar-refractivity contribution in [2.45, 2.75) is 87.7 Å². The molecule has 0 bridgehead atoms. The topological polar surface area (TPSA) is 169 Å². The van der Waals surface area contributed by atoms with E-state index in [2.05, 4.69) is 42.6 Å². The SMILES string of the molecule is CNC(=O)c1ccc2c(c1)CCc1cc(C(=O)NC)ccc1C2(C[C@H](NCC(=O)N1[C@H](C#N)C[C@@H]2C[C@@H]21)C1CCCCC1)c1nnn[nH]1. The van der Waals surface area contributed by atoms with E-state index in [9.17, 15) is 19.6 Å². The first kappa shape index (κ1) is 31.9. The molecule has 7 rings (SSSR count). The van der Waals surface area contributed by atoms with Gasteiger partial charge in [0, 0.05) is 37.3 Å². The molecule has 3 fully saturated rings. The van der Waals surface area contributed by atoms with Crippen molar-refractivity contribution in [2.24, 2.45) is 11.8 Å². The van der Waals surface area contributed by atoms with Crippen LogP contribution < -0.4 is 16.0 Å². The normalized spacial score (nSPS) is 23.1. The third-order valence-electron chi connectivity index (χ3n) is 11.3. The molecule has 4 N–H and O–H groups in total. The van der Waals surface area contributed by atoms with Crippen LogP contribution in [0.2, 0.25) is 0 Å². The summed E-state index contributed by atoms with van der Waals surface area (Å²) in [6, 6.07) is 13.8. The van der Waals surface area contributed by atoms with Crippen LogP contribution in [-0.4, -0.2) is 82.0 Å². The number of tetrazole rings is 1. The van der Waals surface area contributed by atoms with E-state index < -0.39 is 5.41 Å². The number of nitrogens with one attached hydrogen (secondary N) is 4. The molecule has 2 heterocycles. The van der Waals surface area contributed by atoms with Crippen molar-refractivity contribution >= 4 is 17.7 Å². The van der Waals surface area contributed by atoms with Crippen LogP contribution in [0.5, 0.6) is 0 Å². The number of amides is 3. The highest BCUT2D eigenvalue weighted by Crippen LogP contribution is 2.49. The highest BCUT2D eigenvalue weighted by Gasteiger charge is 2.54. The maximum Gasteiger partial charge on any atom is 0.251 e. The van der Waals surface area contributed by atoms with E-state index in [0.717, 1.165) is 60.8 Å². The van der Waals surface area contributed by atoms with Gasteiger partial charge in [-0.1, -0.05) is 31.4 Å². The zero-order valence-electron chi connectivity index (χ0n) is 27.6. The molecule has 12 nitrogen and oxygen atoms in total. The lowest BCUT2D eigenvalue weighted by atomic mass is 9.65. The molecular weight excluding hydrogens is 606 g/mol. The number of carbonyl (C=O) groups excluding carboxylic acids is 3. The number of H-pyrrole nitrogens is 1. The number of aromatic nitrogens is 4. The van der Waals surface area contributed by atoms with Crippen LogP contribution in [-0.2, 0) is 23.1 Å². The fourth-order valence-electron chi connectivity index (χ4n) is 8.84. The number of rotatable bonds is 9. The number of nitrogens with zero attached hydrogens (tertiary/aromatic N) is 5. The number of benzene rings is 2. The predicted molar refractivity (Wildman–Crippen MR) is 177 cm³/mol. The summed E-state index contributed by atoms with van der Waals surface area (Å²) >= 11 is 0. The number of aryl methyl sites for hydroxylation is 2. The predicted octanol–water partition coefficient (Wildman–Crippen LogP) is 2.79. The number of likely N-dealkylation sites (tertiary alicyclic amines) is 1. The summed E-state index contributed by atoms with van der Waals surface area (Å²) in [5.74, 6) is 0.992. The van der Waals surface area contributed by atoms with Crippen LogP contribution in [0.1, 0.15) is 100 Å². The lowest BCUT2D eigenvalue weighted by Crippen LogP contribution is -2.50. The smallest absolute Gasteiger partial charge is 0.251 e. The third kappa shape index (κ3) is 5.64. The fraction of sp³-hybridized carbons (Fsp3) is 0.528. The van der Waals surface area contributed by atoms with Crippen molar-refractivity contribution < 1.29 is 14.4 Å². The molecule has 0 radical (unpaired) electrons. The molecular formula is C36H43N9O3. The second-order valence-electron chi connectivity index (χ2n) is 13.9. The second-order valence-corrected chi connectivity index (χ2v) is 13.9. The van der Waals surface area contributed by atoms with Gasteiger partial charge in [-0.3, -0.25) is 14.4 Å². The average Bonchev–Trinajstić information content (AvgIpc) is 3.50. The zero-order chi connectivity index (χ0) is 33.4. The summed E-state index contributed by atoms with van der Waals surface area (Å²) < 4.78 is 0. The molecule has 3 amide bonds. The number of piperidine rings is 1. The van der Waals surface area contributed by atoms with E-state index in [1.807, 2.05) is 41.3 Å². The minimum Gasteiger partial charge on any atom is -0.355 e. The summed E-state index contributed by atoms with van der Waals surface area (Å²) in [5.41, 5.74) is 4.28. The minimum absolute atomic E-state index is 0.0187. The lowest BCUT2D eigenvalue weighted by molar-refractivity contribution is -0.131. The summed E-state index contributed by atoms with van der Waals surface area (Å²) in [6.07, 6.45) is 9.13. The maximum atomic E-state index is 13.7. The standard InChI is InChI=1S/C36H43N9O3/c1-38-33(47)24-10-12-28-22(14-24)8-9-23-15-25(34(48)39-2)11-13-29(23)36(28,35-41-43-44-42-35)18-30(21-6-4-3-5-7-21)40-20-32(46)45-27(19-37)16-26-17-31(26)45/h10-15,21,26-27,30-31,40H,3-9,16-18,20H2,1-2H3,(H,38,47)(H,39,48)(H,41,42,43,44)/t26-,27+,30+,31+/m1/s1. The number of hydrogen-bond acceptors (Lipinski definition) is 8. The van der Waals surface area contributed by atoms with Gasteiger partial charge in [-0.2, -0.15) is 5.26 Å². The van der Waals surface area contributed by atoms with Gasteiger partial charge in [0.2, 0.25) is 5.91 Å². The average molecular weight is 650 g/mol. The molecule has 4 atom stereocenters. The molecule has 2 aromatic carbocycles. The Kier molecular flexibility index (Phi) is 8.73. The Morgan fingerprint density at radius 3 is 2.19 bits per heavy atom. The summed E-state index contributed by atoms with van der Waals surface area (Å²) in [4.78, 5) is 41.2. The number of fused-ring (bicyclic) bond motifs is 3. The van der Waals surface area contributed by atoms with Crippen LogP contribution in [0, 0.1) is 23.2 Å². The van der Waals surface area contributed by atoms with Crippen molar-refractivity contribution in [3.05, 3.63) is 75.6 Å². The number of aromatic amines is 1. The number of hydrogen-bond donors (Lipinski definition) is 4. The second kappa shape index (κ2) is 13.1.